The molecule has 2 fully saturated rings. The van der Waals surface area contributed by atoms with Gasteiger partial charge in [-0.3, -0.25) is 9.69 Å². The first-order chi connectivity index (χ1) is 10.9. The average Bonchev–Trinajstić information content (AvgIpc) is 3.24. The third-order valence-electron chi connectivity index (χ3n) is 4.53. The van der Waals surface area contributed by atoms with Crippen molar-refractivity contribution in [2.45, 2.75) is 51.4 Å². The molecule has 0 spiro atoms. The fraction of sp³-hybridized carbons (Fsp3) is 0.812. The van der Waals surface area contributed by atoms with Gasteiger partial charge in [-0.1, -0.05) is 0 Å². The molecule has 7 nitrogen and oxygen atoms in total. The molecular weight excluding hydrogens is 294 g/mol. The molecule has 7 heteroatoms. The quantitative estimate of drug-likeness (QED) is 0.801. The summed E-state index contributed by atoms with van der Waals surface area (Å²) in [5.41, 5.74) is 0. The van der Waals surface area contributed by atoms with Gasteiger partial charge >= 0.3 is 0 Å². The van der Waals surface area contributed by atoms with Crippen LogP contribution in [0.25, 0.3) is 0 Å². The zero-order valence-electron chi connectivity index (χ0n) is 14.5. The van der Waals surface area contributed by atoms with Gasteiger partial charge in [-0.2, -0.15) is 0 Å². The van der Waals surface area contributed by atoms with E-state index in [-0.39, 0.29) is 18.1 Å². The summed E-state index contributed by atoms with van der Waals surface area (Å²) >= 11 is 0. The first-order valence-electron chi connectivity index (χ1n) is 8.44. The van der Waals surface area contributed by atoms with E-state index in [4.69, 9.17) is 4.74 Å². The molecule has 2 heterocycles. The van der Waals surface area contributed by atoms with Gasteiger partial charge in [0.2, 0.25) is 5.91 Å². The number of hydrogen-bond donors (Lipinski definition) is 0. The lowest BCUT2D eigenvalue weighted by atomic mass is 10.2. The third-order valence-corrected chi connectivity index (χ3v) is 4.53. The number of nitrogens with zero attached hydrogens (tertiary/aromatic N) is 5. The molecule has 1 saturated carbocycles. The second kappa shape index (κ2) is 6.57. The Kier molecular flexibility index (Phi) is 4.68. The number of carbonyl (C=O) groups is 1. The van der Waals surface area contributed by atoms with Crippen molar-refractivity contribution < 1.29 is 9.53 Å². The minimum absolute atomic E-state index is 0.104. The molecule has 1 aromatic rings. The van der Waals surface area contributed by atoms with E-state index in [0.717, 1.165) is 11.6 Å². The van der Waals surface area contributed by atoms with Crippen molar-refractivity contribution in [3.8, 4) is 0 Å². The molecule has 0 aromatic carbocycles. The molecule has 0 N–H and O–H groups in total. The second-order valence-electron chi connectivity index (χ2n) is 7.04. The number of aromatic nitrogens is 3. The molecule has 128 valence electrons. The monoisotopic (exact) mass is 321 g/mol. The average molecular weight is 321 g/mol. The van der Waals surface area contributed by atoms with E-state index in [2.05, 4.69) is 14.8 Å². The number of carbonyl (C=O) groups excluding carboxylic acids is 1. The molecule has 2 atom stereocenters. The zero-order valence-corrected chi connectivity index (χ0v) is 14.5. The predicted octanol–water partition coefficient (Wildman–Crippen LogP) is 0.760. The van der Waals surface area contributed by atoms with Gasteiger partial charge in [0.1, 0.15) is 11.6 Å². The van der Waals surface area contributed by atoms with Crippen molar-refractivity contribution in [1.29, 1.82) is 0 Å². The fourth-order valence-corrected chi connectivity index (χ4v) is 3.22. The first kappa shape index (κ1) is 16.4. The van der Waals surface area contributed by atoms with Crippen molar-refractivity contribution in [1.82, 2.24) is 24.6 Å². The highest BCUT2D eigenvalue weighted by atomic mass is 16.5. The van der Waals surface area contributed by atoms with E-state index in [9.17, 15) is 4.79 Å². The van der Waals surface area contributed by atoms with Gasteiger partial charge in [0.15, 0.2) is 0 Å². The molecule has 1 aliphatic heterocycles. The summed E-state index contributed by atoms with van der Waals surface area (Å²) in [7, 11) is 3.97. The lowest BCUT2D eigenvalue weighted by Gasteiger charge is -2.36. The van der Waals surface area contributed by atoms with Crippen molar-refractivity contribution in [3.05, 3.63) is 11.6 Å². The van der Waals surface area contributed by atoms with Crippen LogP contribution in [0.3, 0.4) is 0 Å². The molecule has 1 aromatic heterocycles. The van der Waals surface area contributed by atoms with Crippen LogP contribution in [-0.4, -0.2) is 69.4 Å². The minimum atomic E-state index is 0.104. The molecular formula is C16H27N5O2. The van der Waals surface area contributed by atoms with E-state index in [1.54, 1.807) is 0 Å². The van der Waals surface area contributed by atoms with Crippen molar-refractivity contribution in [3.63, 3.8) is 0 Å². The lowest BCUT2D eigenvalue weighted by molar-refractivity contribution is -0.144. The van der Waals surface area contributed by atoms with Gasteiger partial charge in [-0.05, 0) is 33.7 Å². The zero-order chi connectivity index (χ0) is 16.6. The smallest absolute Gasteiger partial charge is 0.236 e. The van der Waals surface area contributed by atoms with Gasteiger partial charge < -0.3 is 14.2 Å². The van der Waals surface area contributed by atoms with Crippen LogP contribution in [0.4, 0.5) is 0 Å². The van der Waals surface area contributed by atoms with E-state index in [0.29, 0.717) is 32.1 Å². The highest BCUT2D eigenvalue weighted by molar-refractivity contribution is 5.78. The summed E-state index contributed by atoms with van der Waals surface area (Å²) in [6.07, 6.45) is 2.64. The number of morpholine rings is 1. The highest BCUT2D eigenvalue weighted by Gasteiger charge is 2.30. The van der Waals surface area contributed by atoms with Crippen LogP contribution in [0.2, 0.25) is 0 Å². The first-order valence-corrected chi connectivity index (χ1v) is 8.44. The largest absolute Gasteiger partial charge is 0.372 e. The summed E-state index contributed by atoms with van der Waals surface area (Å²) in [4.78, 5) is 16.4. The summed E-state index contributed by atoms with van der Waals surface area (Å²) in [5.74, 6) is 2.74. The number of rotatable bonds is 5. The SMILES string of the molecule is C[C@H]1CN(C(=O)CN(C)Cc2nnc(C3CC3)n2C)C[C@H](C)O1. The third kappa shape index (κ3) is 3.90. The van der Waals surface area contributed by atoms with Gasteiger partial charge in [0.05, 0.1) is 25.3 Å². The Morgan fingerprint density at radius 3 is 2.52 bits per heavy atom. The summed E-state index contributed by atoms with van der Waals surface area (Å²) in [6.45, 7) is 6.40. The topological polar surface area (TPSA) is 63.5 Å². The van der Waals surface area contributed by atoms with E-state index < -0.39 is 0 Å². The van der Waals surface area contributed by atoms with Crippen LogP contribution < -0.4 is 0 Å². The normalized spacial score (nSPS) is 25.2. The Labute approximate surface area is 137 Å². The molecule has 0 radical (unpaired) electrons. The van der Waals surface area contributed by atoms with Gasteiger partial charge in [-0.15, -0.1) is 10.2 Å². The van der Waals surface area contributed by atoms with Crippen molar-refractivity contribution in [2.75, 3.05) is 26.7 Å². The maximum absolute atomic E-state index is 12.5. The van der Waals surface area contributed by atoms with E-state index in [1.807, 2.05) is 37.7 Å². The van der Waals surface area contributed by atoms with Crippen LogP contribution in [0.15, 0.2) is 0 Å². The maximum Gasteiger partial charge on any atom is 0.236 e. The number of ether oxygens (including phenoxy) is 1. The van der Waals surface area contributed by atoms with Crippen LogP contribution in [0.5, 0.6) is 0 Å². The maximum atomic E-state index is 12.5. The summed E-state index contributed by atoms with van der Waals surface area (Å²) < 4.78 is 7.77. The Balaban J connectivity index is 1.54. The molecule has 3 rings (SSSR count). The molecule has 1 amide bonds. The molecule has 2 aliphatic rings. The van der Waals surface area contributed by atoms with Crippen LogP contribution in [0, 0.1) is 0 Å². The molecule has 23 heavy (non-hydrogen) atoms. The number of amides is 1. The molecule has 1 aliphatic carbocycles. The van der Waals surface area contributed by atoms with Crippen molar-refractivity contribution >= 4 is 5.91 Å². The van der Waals surface area contributed by atoms with Crippen LogP contribution in [-0.2, 0) is 23.1 Å². The molecule has 0 unspecified atom stereocenters. The Morgan fingerprint density at radius 1 is 1.26 bits per heavy atom. The van der Waals surface area contributed by atoms with E-state index >= 15 is 0 Å². The van der Waals surface area contributed by atoms with Gasteiger partial charge in [0.25, 0.3) is 0 Å². The second-order valence-corrected chi connectivity index (χ2v) is 7.04. The predicted molar refractivity (Wildman–Crippen MR) is 85.9 cm³/mol. The van der Waals surface area contributed by atoms with Crippen LogP contribution >= 0.6 is 0 Å². The molecule has 1 saturated heterocycles. The summed E-state index contributed by atoms with van der Waals surface area (Å²) in [5, 5.41) is 8.58. The van der Waals surface area contributed by atoms with Crippen LogP contribution in [0.1, 0.15) is 44.3 Å². The van der Waals surface area contributed by atoms with E-state index in [1.165, 1.54) is 12.8 Å². The highest BCUT2D eigenvalue weighted by Crippen LogP contribution is 2.38. The number of likely N-dealkylation sites (N-methyl/N-ethyl adjacent to an activating group) is 1. The Morgan fingerprint density at radius 2 is 1.91 bits per heavy atom. The number of hydrogen-bond acceptors (Lipinski definition) is 5. The minimum Gasteiger partial charge on any atom is -0.372 e. The lowest BCUT2D eigenvalue weighted by Crippen LogP contribution is -2.50. The fourth-order valence-electron chi connectivity index (χ4n) is 3.22. The van der Waals surface area contributed by atoms with Crippen molar-refractivity contribution in [2.24, 2.45) is 7.05 Å². The standard InChI is InChI=1S/C16H27N5O2/c1-11-7-21(8-12(2)23-11)15(22)10-19(3)9-14-17-18-16(20(14)4)13-5-6-13/h11-13H,5-10H2,1-4H3/t11-,12-/m0/s1. The Hall–Kier alpha value is -1.47. The summed E-state index contributed by atoms with van der Waals surface area (Å²) in [6, 6.07) is 0. The van der Waals surface area contributed by atoms with Gasteiger partial charge in [0, 0.05) is 26.1 Å². The molecule has 0 bridgehead atoms. The Bertz CT molecular complexity index is 559. The van der Waals surface area contributed by atoms with Gasteiger partial charge in [-0.25, -0.2) is 0 Å².